The lowest BCUT2D eigenvalue weighted by Gasteiger charge is -2.34. The Morgan fingerprint density at radius 2 is 1.48 bits per heavy atom. The fraction of sp³-hybridized carbons (Fsp3) is 0.235. The van der Waals surface area contributed by atoms with E-state index in [2.05, 4.69) is 21.2 Å². The van der Waals surface area contributed by atoms with E-state index in [0.29, 0.717) is 11.4 Å². The van der Waals surface area contributed by atoms with Gasteiger partial charge in [-0.05, 0) is 73.0 Å². The van der Waals surface area contributed by atoms with Crippen molar-refractivity contribution in [1.82, 2.24) is 10.2 Å². The van der Waals surface area contributed by atoms with E-state index in [0.717, 1.165) is 19.9 Å². The third kappa shape index (κ3) is 8.71. The number of nitrogens with zero attached hydrogens (tertiary/aromatic N) is 2. The molecule has 0 aromatic heterocycles. The monoisotopic (exact) mass is 695 g/mol. The fourth-order valence-corrected chi connectivity index (χ4v) is 6.69. The van der Waals surface area contributed by atoms with Crippen molar-refractivity contribution in [2.24, 2.45) is 0 Å². The average molecular weight is 697 g/mol. The molecule has 10 heteroatoms. The van der Waals surface area contributed by atoms with Crippen LogP contribution in [0.2, 0.25) is 5.02 Å². The van der Waals surface area contributed by atoms with E-state index in [1.54, 1.807) is 42.5 Å². The Bertz CT molecular complexity index is 1660. The highest BCUT2D eigenvalue weighted by Gasteiger charge is 2.35. The Balaban J connectivity index is 1.80. The molecule has 230 valence electrons. The van der Waals surface area contributed by atoms with Crippen molar-refractivity contribution in [1.29, 1.82) is 0 Å². The molecule has 0 saturated heterocycles. The Morgan fingerprint density at radius 3 is 2.09 bits per heavy atom. The molecule has 4 aromatic carbocycles. The third-order valence-corrected chi connectivity index (χ3v) is 9.77. The first-order chi connectivity index (χ1) is 21.1. The van der Waals surface area contributed by atoms with Crippen molar-refractivity contribution in [2.45, 2.75) is 50.2 Å². The van der Waals surface area contributed by atoms with Gasteiger partial charge in [0, 0.05) is 28.5 Å². The van der Waals surface area contributed by atoms with Gasteiger partial charge in [0.15, 0.2) is 0 Å². The van der Waals surface area contributed by atoms with Gasteiger partial charge in [-0.2, -0.15) is 0 Å². The number of hydrogen-bond donors (Lipinski definition) is 1. The quantitative estimate of drug-likeness (QED) is 0.166. The number of nitrogens with one attached hydrogen (secondary N) is 1. The summed E-state index contributed by atoms with van der Waals surface area (Å²) in [5.41, 5.74) is 1.93. The zero-order valence-corrected chi connectivity index (χ0v) is 27.7. The SMILES string of the molecule is CC[C@H](C)NC(=O)[C@H](Cc1ccccc1)N(Cc1cccc(Br)c1)C(=O)CN(c1ccc(Cl)cc1)S(=O)(=O)c1ccccc1. The molecular formula is C34H35BrClN3O4S. The summed E-state index contributed by atoms with van der Waals surface area (Å²) in [7, 11) is -4.17. The summed E-state index contributed by atoms with van der Waals surface area (Å²) in [5, 5.41) is 3.47. The van der Waals surface area contributed by atoms with E-state index in [4.69, 9.17) is 11.6 Å². The fourth-order valence-electron chi connectivity index (χ4n) is 4.68. The average Bonchev–Trinajstić information content (AvgIpc) is 3.02. The molecule has 0 fully saturated rings. The minimum atomic E-state index is -4.17. The number of sulfonamides is 1. The van der Waals surface area contributed by atoms with Crippen LogP contribution >= 0.6 is 27.5 Å². The number of amides is 2. The molecule has 4 aromatic rings. The number of benzene rings is 4. The second-order valence-corrected chi connectivity index (χ2v) is 13.7. The molecule has 1 N–H and O–H groups in total. The van der Waals surface area contributed by atoms with Crippen LogP contribution in [0, 0.1) is 0 Å². The van der Waals surface area contributed by atoms with Crippen LogP contribution in [-0.2, 0) is 32.6 Å². The number of hydrogen-bond acceptors (Lipinski definition) is 4. The summed E-state index contributed by atoms with van der Waals surface area (Å²) in [6.45, 7) is 3.44. The van der Waals surface area contributed by atoms with Gasteiger partial charge in [0.05, 0.1) is 10.6 Å². The van der Waals surface area contributed by atoms with E-state index in [9.17, 15) is 18.0 Å². The van der Waals surface area contributed by atoms with Crippen molar-refractivity contribution >= 4 is 55.1 Å². The van der Waals surface area contributed by atoms with Gasteiger partial charge in [-0.15, -0.1) is 0 Å². The molecule has 0 aliphatic heterocycles. The first-order valence-corrected chi connectivity index (χ1v) is 16.9. The number of anilines is 1. The largest absolute Gasteiger partial charge is 0.352 e. The van der Waals surface area contributed by atoms with Gasteiger partial charge in [-0.1, -0.05) is 95.1 Å². The molecule has 0 heterocycles. The van der Waals surface area contributed by atoms with Crippen LogP contribution in [0.15, 0.2) is 119 Å². The first kappa shape index (κ1) is 33.2. The maximum Gasteiger partial charge on any atom is 0.264 e. The van der Waals surface area contributed by atoms with Crippen LogP contribution in [0.5, 0.6) is 0 Å². The standard InChI is InChI=1S/C34H35BrClN3O4S/c1-3-25(2)37-34(41)32(22-26-11-6-4-7-12-26)38(23-27-13-10-14-28(35)21-27)33(40)24-39(30-19-17-29(36)18-20-30)44(42,43)31-15-8-5-9-16-31/h4-21,25,32H,3,22-24H2,1-2H3,(H,37,41)/t25-,32-/m0/s1. The van der Waals surface area contributed by atoms with Gasteiger partial charge in [-0.3, -0.25) is 13.9 Å². The van der Waals surface area contributed by atoms with Crippen LogP contribution in [0.3, 0.4) is 0 Å². The molecule has 0 saturated carbocycles. The Morgan fingerprint density at radius 1 is 0.864 bits per heavy atom. The summed E-state index contributed by atoms with van der Waals surface area (Å²) in [4.78, 5) is 29.8. The lowest BCUT2D eigenvalue weighted by molar-refractivity contribution is -0.140. The zero-order chi connectivity index (χ0) is 31.7. The first-order valence-electron chi connectivity index (χ1n) is 14.3. The molecule has 44 heavy (non-hydrogen) atoms. The molecule has 0 aliphatic carbocycles. The van der Waals surface area contributed by atoms with Crippen molar-refractivity contribution in [3.05, 3.63) is 130 Å². The maximum absolute atomic E-state index is 14.5. The predicted molar refractivity (Wildman–Crippen MR) is 179 cm³/mol. The molecular weight excluding hydrogens is 662 g/mol. The number of rotatable bonds is 13. The van der Waals surface area contributed by atoms with Crippen LogP contribution in [0.25, 0.3) is 0 Å². The molecule has 0 spiro atoms. The summed E-state index contributed by atoms with van der Waals surface area (Å²) in [6, 6.07) is 30.1. The van der Waals surface area contributed by atoms with E-state index in [1.807, 2.05) is 68.4 Å². The highest BCUT2D eigenvalue weighted by Crippen LogP contribution is 2.26. The Kier molecular flexibility index (Phi) is 11.6. The molecule has 0 aliphatic rings. The minimum Gasteiger partial charge on any atom is -0.352 e. The van der Waals surface area contributed by atoms with Crippen molar-refractivity contribution in [3.8, 4) is 0 Å². The summed E-state index contributed by atoms with van der Waals surface area (Å²) in [6.07, 6.45) is 0.957. The second-order valence-electron chi connectivity index (χ2n) is 10.5. The molecule has 0 bridgehead atoms. The molecule has 7 nitrogen and oxygen atoms in total. The zero-order valence-electron chi connectivity index (χ0n) is 24.6. The highest BCUT2D eigenvalue weighted by molar-refractivity contribution is 9.10. The Hall–Kier alpha value is -3.66. The summed E-state index contributed by atoms with van der Waals surface area (Å²) >= 11 is 9.62. The van der Waals surface area contributed by atoms with Crippen molar-refractivity contribution < 1.29 is 18.0 Å². The predicted octanol–water partition coefficient (Wildman–Crippen LogP) is 6.85. The molecule has 4 rings (SSSR count). The minimum absolute atomic E-state index is 0.0386. The number of carbonyl (C=O) groups is 2. The van der Waals surface area contributed by atoms with Gasteiger partial charge < -0.3 is 10.2 Å². The van der Waals surface area contributed by atoms with Gasteiger partial charge >= 0.3 is 0 Å². The highest BCUT2D eigenvalue weighted by atomic mass is 79.9. The molecule has 0 unspecified atom stereocenters. The topological polar surface area (TPSA) is 86.8 Å². The van der Waals surface area contributed by atoms with E-state index >= 15 is 0 Å². The lowest BCUT2D eigenvalue weighted by atomic mass is 10.0. The lowest BCUT2D eigenvalue weighted by Crippen LogP contribution is -2.54. The van der Waals surface area contributed by atoms with Gasteiger partial charge in [0.2, 0.25) is 11.8 Å². The van der Waals surface area contributed by atoms with E-state index in [1.165, 1.54) is 17.0 Å². The van der Waals surface area contributed by atoms with Crippen LogP contribution < -0.4 is 9.62 Å². The summed E-state index contributed by atoms with van der Waals surface area (Å²) < 4.78 is 29.9. The van der Waals surface area contributed by atoms with Gasteiger partial charge in [0.1, 0.15) is 12.6 Å². The van der Waals surface area contributed by atoms with E-state index in [-0.39, 0.29) is 35.5 Å². The maximum atomic E-state index is 14.5. The second kappa shape index (κ2) is 15.4. The Labute approximate surface area is 273 Å². The smallest absolute Gasteiger partial charge is 0.264 e. The van der Waals surface area contributed by atoms with Crippen molar-refractivity contribution in [3.63, 3.8) is 0 Å². The molecule has 2 atom stereocenters. The van der Waals surface area contributed by atoms with Crippen LogP contribution in [-0.4, -0.2) is 43.8 Å². The van der Waals surface area contributed by atoms with Crippen molar-refractivity contribution in [2.75, 3.05) is 10.8 Å². The molecule has 2 amide bonds. The van der Waals surface area contributed by atoms with Gasteiger partial charge in [0.25, 0.3) is 10.0 Å². The third-order valence-electron chi connectivity index (χ3n) is 7.24. The van der Waals surface area contributed by atoms with Gasteiger partial charge in [-0.25, -0.2) is 8.42 Å². The normalized spacial score (nSPS) is 12.6. The molecule has 0 radical (unpaired) electrons. The van der Waals surface area contributed by atoms with Crippen LogP contribution in [0.4, 0.5) is 5.69 Å². The number of carbonyl (C=O) groups excluding carboxylic acids is 2. The van der Waals surface area contributed by atoms with Crippen LogP contribution in [0.1, 0.15) is 31.4 Å². The summed E-state index contributed by atoms with van der Waals surface area (Å²) in [5.74, 6) is -0.838. The van der Waals surface area contributed by atoms with E-state index < -0.39 is 28.5 Å². The number of halogens is 2.